The number of aromatic nitrogens is 3. The van der Waals surface area contributed by atoms with Gasteiger partial charge in [0.25, 0.3) is 0 Å². The van der Waals surface area contributed by atoms with Crippen LogP contribution >= 0.6 is 12.2 Å². The molecular formula is C22H34N6OS. The van der Waals surface area contributed by atoms with Crippen LogP contribution in [-0.4, -0.2) is 38.8 Å². The maximum Gasteiger partial charge on any atom is 0.166 e. The van der Waals surface area contributed by atoms with Gasteiger partial charge in [-0.05, 0) is 38.0 Å². The predicted molar refractivity (Wildman–Crippen MR) is 130 cm³/mol. The zero-order chi connectivity index (χ0) is 20.9. The number of hydrogen-bond donors (Lipinski definition) is 3. The molecule has 2 heterocycles. The van der Waals surface area contributed by atoms with Gasteiger partial charge in [0.2, 0.25) is 0 Å². The number of pyridine rings is 1. The van der Waals surface area contributed by atoms with E-state index in [1.165, 1.54) is 32.1 Å². The zero-order valence-corrected chi connectivity index (χ0v) is 18.3. The highest BCUT2D eigenvalue weighted by Crippen LogP contribution is 2.29. The van der Waals surface area contributed by atoms with Crippen molar-refractivity contribution in [1.82, 2.24) is 25.2 Å². The lowest BCUT2D eigenvalue weighted by Gasteiger charge is -2.24. The number of nitrogen functional groups attached to an aromatic ring is 1. The van der Waals surface area contributed by atoms with E-state index in [-0.39, 0.29) is 2.85 Å². The summed E-state index contributed by atoms with van der Waals surface area (Å²) in [5, 5.41) is 8.59. The van der Waals surface area contributed by atoms with Gasteiger partial charge < -0.3 is 25.7 Å². The van der Waals surface area contributed by atoms with E-state index in [9.17, 15) is 0 Å². The molecule has 0 radical (unpaired) electrons. The number of thiocarbonyl (C=S) groups is 1. The van der Waals surface area contributed by atoms with Crippen molar-refractivity contribution in [3.05, 3.63) is 30.1 Å². The SMILES string of the molecule is CCOCc1nc2c(N)nc3ccccc3c2n1CCNC(=S)NC1CCCCC1.[HH].[HH]. The van der Waals surface area contributed by atoms with E-state index in [2.05, 4.69) is 26.3 Å². The third-order valence-corrected chi connectivity index (χ3v) is 5.95. The summed E-state index contributed by atoms with van der Waals surface area (Å²) < 4.78 is 7.85. The summed E-state index contributed by atoms with van der Waals surface area (Å²) >= 11 is 5.52. The zero-order valence-electron chi connectivity index (χ0n) is 17.5. The number of imidazole rings is 1. The van der Waals surface area contributed by atoms with E-state index in [1.807, 2.05) is 25.1 Å². The van der Waals surface area contributed by atoms with Crippen molar-refractivity contribution in [2.24, 2.45) is 0 Å². The molecule has 0 unspecified atom stereocenters. The second-order valence-electron chi connectivity index (χ2n) is 7.76. The lowest BCUT2D eigenvalue weighted by molar-refractivity contribution is 0.126. The quantitative estimate of drug-likeness (QED) is 0.488. The third-order valence-electron chi connectivity index (χ3n) is 5.69. The summed E-state index contributed by atoms with van der Waals surface area (Å²) in [6, 6.07) is 8.53. The van der Waals surface area contributed by atoms with Crippen LogP contribution < -0.4 is 16.4 Å². The fraction of sp³-hybridized carbons (Fsp3) is 0.500. The van der Waals surface area contributed by atoms with Gasteiger partial charge in [-0.15, -0.1) is 0 Å². The summed E-state index contributed by atoms with van der Waals surface area (Å²) in [4.78, 5) is 9.29. The number of benzene rings is 1. The molecule has 1 saturated carbocycles. The van der Waals surface area contributed by atoms with E-state index in [4.69, 9.17) is 27.7 Å². The summed E-state index contributed by atoms with van der Waals surface area (Å²) in [5.41, 5.74) is 8.84. The van der Waals surface area contributed by atoms with Crippen molar-refractivity contribution in [1.29, 1.82) is 0 Å². The second-order valence-corrected chi connectivity index (χ2v) is 8.17. The van der Waals surface area contributed by atoms with E-state index in [0.717, 1.165) is 32.9 Å². The van der Waals surface area contributed by atoms with Gasteiger partial charge in [0, 0.05) is 34.0 Å². The van der Waals surface area contributed by atoms with Crippen LogP contribution in [0.15, 0.2) is 24.3 Å². The molecular weight excluding hydrogens is 396 g/mol. The van der Waals surface area contributed by atoms with Crippen molar-refractivity contribution in [2.45, 2.75) is 58.2 Å². The first-order chi connectivity index (χ1) is 14.7. The van der Waals surface area contributed by atoms with E-state index >= 15 is 0 Å². The van der Waals surface area contributed by atoms with Crippen molar-refractivity contribution >= 4 is 45.1 Å². The molecule has 0 atom stereocenters. The minimum Gasteiger partial charge on any atom is -0.382 e. The van der Waals surface area contributed by atoms with Crippen molar-refractivity contribution in [2.75, 3.05) is 18.9 Å². The van der Waals surface area contributed by atoms with Crippen LogP contribution in [-0.2, 0) is 17.9 Å². The van der Waals surface area contributed by atoms with E-state index in [1.54, 1.807) is 0 Å². The van der Waals surface area contributed by atoms with Crippen LogP contribution in [0.3, 0.4) is 0 Å². The number of nitrogens with two attached hydrogens (primary N) is 1. The summed E-state index contributed by atoms with van der Waals surface area (Å²) in [6.45, 7) is 4.45. The number of ether oxygens (including phenoxy) is 1. The molecule has 4 rings (SSSR count). The first kappa shape index (κ1) is 20.8. The molecule has 1 aliphatic carbocycles. The number of rotatable bonds is 7. The predicted octanol–water partition coefficient (Wildman–Crippen LogP) is 3.99. The molecule has 2 aromatic heterocycles. The van der Waals surface area contributed by atoms with Gasteiger partial charge in [0.15, 0.2) is 10.9 Å². The number of para-hydroxylation sites is 1. The monoisotopic (exact) mass is 430 g/mol. The molecule has 1 aromatic carbocycles. The first-order valence-electron chi connectivity index (χ1n) is 10.8. The highest BCUT2D eigenvalue weighted by Gasteiger charge is 2.18. The Morgan fingerprint density at radius 3 is 2.87 bits per heavy atom. The Bertz CT molecular complexity index is 1040. The molecule has 0 aliphatic heterocycles. The lowest BCUT2D eigenvalue weighted by atomic mass is 9.96. The Morgan fingerprint density at radius 2 is 2.07 bits per heavy atom. The van der Waals surface area contributed by atoms with Crippen molar-refractivity contribution < 1.29 is 7.59 Å². The Balaban J connectivity index is 0.00000181. The molecule has 8 heteroatoms. The van der Waals surface area contributed by atoms with Crippen LogP contribution in [0.1, 0.15) is 47.7 Å². The van der Waals surface area contributed by atoms with Crippen LogP contribution in [0.4, 0.5) is 5.82 Å². The van der Waals surface area contributed by atoms with Gasteiger partial charge in [-0.2, -0.15) is 0 Å². The lowest BCUT2D eigenvalue weighted by Crippen LogP contribution is -2.43. The average Bonchev–Trinajstić information content (AvgIpc) is 3.12. The van der Waals surface area contributed by atoms with Crippen LogP contribution in [0.25, 0.3) is 21.9 Å². The Morgan fingerprint density at radius 1 is 1.27 bits per heavy atom. The molecule has 7 nitrogen and oxygen atoms in total. The van der Waals surface area contributed by atoms with Gasteiger partial charge >= 0.3 is 0 Å². The smallest absolute Gasteiger partial charge is 0.166 e. The second kappa shape index (κ2) is 9.57. The van der Waals surface area contributed by atoms with Gasteiger partial charge in [0.05, 0.1) is 11.0 Å². The Labute approximate surface area is 185 Å². The number of nitrogens with zero attached hydrogens (tertiary/aromatic N) is 3. The van der Waals surface area contributed by atoms with Gasteiger partial charge in [0.1, 0.15) is 17.9 Å². The molecule has 0 spiro atoms. The molecule has 0 bridgehead atoms. The Kier molecular flexibility index (Phi) is 6.64. The number of anilines is 1. The minimum atomic E-state index is 0. The fourth-order valence-corrected chi connectivity index (χ4v) is 4.48. The topological polar surface area (TPSA) is 90.0 Å². The van der Waals surface area contributed by atoms with Crippen LogP contribution in [0.2, 0.25) is 0 Å². The molecule has 0 saturated heterocycles. The largest absolute Gasteiger partial charge is 0.382 e. The van der Waals surface area contributed by atoms with E-state index in [0.29, 0.717) is 38.2 Å². The fourth-order valence-electron chi connectivity index (χ4n) is 4.21. The van der Waals surface area contributed by atoms with Gasteiger partial charge in [-0.25, -0.2) is 9.97 Å². The van der Waals surface area contributed by atoms with Crippen LogP contribution in [0.5, 0.6) is 0 Å². The molecule has 4 N–H and O–H groups in total. The number of hydrogen-bond acceptors (Lipinski definition) is 5. The molecule has 0 amide bonds. The average molecular weight is 431 g/mol. The summed E-state index contributed by atoms with van der Waals surface area (Å²) in [6.07, 6.45) is 6.30. The molecule has 3 aromatic rings. The standard InChI is InChI=1S/C22H30N6OS.2H2/c1-2-29-14-18-27-19-20(16-10-6-7-11-17(16)26-21(19)23)28(18)13-12-24-22(30)25-15-8-4-3-5-9-15;;/h6-7,10-11,15H,2-5,8-9,12-14H2,1H3,(H2,23,26)(H2,24,25,30);2*1H. The van der Waals surface area contributed by atoms with Crippen molar-refractivity contribution in [3.8, 4) is 0 Å². The summed E-state index contributed by atoms with van der Waals surface area (Å²) in [5.74, 6) is 1.30. The maximum absolute atomic E-state index is 6.24. The number of nitrogens with one attached hydrogen (secondary N) is 2. The normalized spacial score (nSPS) is 15.0. The third kappa shape index (κ3) is 4.49. The van der Waals surface area contributed by atoms with Crippen molar-refractivity contribution in [3.63, 3.8) is 0 Å². The van der Waals surface area contributed by atoms with Gasteiger partial charge in [-0.3, -0.25) is 0 Å². The molecule has 164 valence electrons. The summed E-state index contributed by atoms with van der Waals surface area (Å²) in [7, 11) is 0. The molecule has 1 aliphatic rings. The maximum atomic E-state index is 6.24. The van der Waals surface area contributed by atoms with E-state index < -0.39 is 0 Å². The molecule has 1 fully saturated rings. The molecule has 30 heavy (non-hydrogen) atoms. The van der Waals surface area contributed by atoms with Gasteiger partial charge in [-0.1, -0.05) is 37.5 Å². The van der Waals surface area contributed by atoms with Crippen LogP contribution in [0, 0.1) is 0 Å². The minimum absolute atomic E-state index is 0. The highest BCUT2D eigenvalue weighted by molar-refractivity contribution is 7.80. The first-order valence-corrected chi connectivity index (χ1v) is 11.2. The Hall–Kier alpha value is -2.45. The number of fused-ring (bicyclic) bond motifs is 3. The highest BCUT2D eigenvalue weighted by atomic mass is 32.1.